The average Bonchev–Trinajstić information content (AvgIpc) is 2.80. The minimum absolute atomic E-state index is 0.281. The lowest BCUT2D eigenvalue weighted by atomic mass is 9.93. The number of rotatable bonds is 5. The molecule has 0 amide bonds. The summed E-state index contributed by atoms with van der Waals surface area (Å²) in [6.45, 7) is 5.02. The molecular formula is C16H22N2O2. The van der Waals surface area contributed by atoms with Crippen LogP contribution in [0.1, 0.15) is 50.5 Å². The number of benzene rings is 1. The van der Waals surface area contributed by atoms with E-state index in [1.165, 1.54) is 24.8 Å². The molecule has 4 heteroatoms. The van der Waals surface area contributed by atoms with Gasteiger partial charge in [-0.2, -0.15) is 0 Å². The van der Waals surface area contributed by atoms with Gasteiger partial charge in [-0.05, 0) is 30.5 Å². The molecule has 0 spiro atoms. The molecular weight excluding hydrogens is 252 g/mol. The normalized spacial score (nSPS) is 15.8. The van der Waals surface area contributed by atoms with Crippen molar-refractivity contribution in [3.05, 3.63) is 23.6 Å². The Labute approximate surface area is 119 Å². The third-order valence-corrected chi connectivity index (χ3v) is 3.95. The zero-order valence-electron chi connectivity index (χ0n) is 12.4. The van der Waals surface area contributed by atoms with Crippen LogP contribution in [-0.4, -0.2) is 18.1 Å². The second-order valence-corrected chi connectivity index (χ2v) is 5.86. The molecule has 108 valence electrons. The molecule has 1 aromatic heterocycles. The summed E-state index contributed by atoms with van der Waals surface area (Å²) in [5.74, 6) is 1.82. The SMILES string of the molecule is COc1cc(CNC2CCC2)cc2nc(C(C)C)oc12. The monoisotopic (exact) mass is 274 g/mol. The number of oxazole rings is 1. The van der Waals surface area contributed by atoms with Crippen molar-refractivity contribution < 1.29 is 9.15 Å². The lowest BCUT2D eigenvalue weighted by Gasteiger charge is -2.26. The first kappa shape index (κ1) is 13.4. The Hall–Kier alpha value is -1.55. The molecule has 0 aliphatic heterocycles. The van der Waals surface area contributed by atoms with Crippen LogP contribution in [0, 0.1) is 0 Å². The fourth-order valence-corrected chi connectivity index (χ4v) is 2.45. The molecule has 0 saturated heterocycles. The van der Waals surface area contributed by atoms with E-state index >= 15 is 0 Å². The van der Waals surface area contributed by atoms with Gasteiger partial charge in [0, 0.05) is 18.5 Å². The molecule has 2 aromatic rings. The topological polar surface area (TPSA) is 47.3 Å². The molecule has 1 N–H and O–H groups in total. The van der Waals surface area contributed by atoms with Crippen molar-refractivity contribution in [2.24, 2.45) is 0 Å². The molecule has 1 fully saturated rings. The van der Waals surface area contributed by atoms with Crippen molar-refractivity contribution in [2.45, 2.75) is 51.6 Å². The third kappa shape index (κ3) is 2.52. The highest BCUT2D eigenvalue weighted by Gasteiger charge is 2.18. The fourth-order valence-electron chi connectivity index (χ4n) is 2.45. The largest absolute Gasteiger partial charge is 0.493 e. The number of nitrogens with zero attached hydrogens (tertiary/aromatic N) is 1. The molecule has 1 saturated carbocycles. The number of methoxy groups -OCH3 is 1. The van der Waals surface area contributed by atoms with Crippen LogP contribution in [0.5, 0.6) is 5.75 Å². The van der Waals surface area contributed by atoms with Crippen LogP contribution in [0.15, 0.2) is 16.5 Å². The maximum Gasteiger partial charge on any atom is 0.198 e. The summed E-state index contributed by atoms with van der Waals surface area (Å²) >= 11 is 0. The molecule has 0 radical (unpaired) electrons. The van der Waals surface area contributed by atoms with Crippen LogP contribution < -0.4 is 10.1 Å². The zero-order chi connectivity index (χ0) is 14.1. The number of hydrogen-bond acceptors (Lipinski definition) is 4. The maximum absolute atomic E-state index is 5.81. The van der Waals surface area contributed by atoms with Gasteiger partial charge in [0.05, 0.1) is 7.11 Å². The van der Waals surface area contributed by atoms with E-state index in [1.54, 1.807) is 7.11 Å². The van der Waals surface area contributed by atoms with E-state index in [4.69, 9.17) is 9.15 Å². The lowest BCUT2D eigenvalue weighted by Crippen LogP contribution is -2.34. The van der Waals surface area contributed by atoms with Gasteiger partial charge in [-0.1, -0.05) is 20.3 Å². The Kier molecular flexibility index (Phi) is 3.66. The Morgan fingerprint density at radius 1 is 1.40 bits per heavy atom. The van der Waals surface area contributed by atoms with E-state index in [0.717, 1.165) is 29.3 Å². The van der Waals surface area contributed by atoms with Crippen LogP contribution in [0.25, 0.3) is 11.1 Å². The maximum atomic E-state index is 5.81. The first-order chi connectivity index (χ1) is 9.67. The standard InChI is InChI=1S/C16H22N2O2/c1-10(2)16-18-13-7-11(9-17-12-5-4-6-12)8-14(19-3)15(13)20-16/h7-8,10,12,17H,4-6,9H2,1-3H3. The van der Waals surface area contributed by atoms with E-state index in [9.17, 15) is 0 Å². The Balaban J connectivity index is 1.88. The van der Waals surface area contributed by atoms with Crippen LogP contribution in [-0.2, 0) is 6.54 Å². The summed E-state index contributed by atoms with van der Waals surface area (Å²) in [5, 5.41) is 3.57. The zero-order valence-corrected chi connectivity index (χ0v) is 12.4. The highest BCUT2D eigenvalue weighted by Crippen LogP contribution is 2.30. The highest BCUT2D eigenvalue weighted by atomic mass is 16.5. The Bertz CT molecular complexity index is 600. The second-order valence-electron chi connectivity index (χ2n) is 5.86. The Morgan fingerprint density at radius 3 is 2.80 bits per heavy atom. The quantitative estimate of drug-likeness (QED) is 0.905. The van der Waals surface area contributed by atoms with Crippen molar-refractivity contribution in [1.29, 1.82) is 0 Å². The van der Waals surface area contributed by atoms with Crippen LogP contribution >= 0.6 is 0 Å². The van der Waals surface area contributed by atoms with Gasteiger partial charge in [0.15, 0.2) is 17.2 Å². The van der Waals surface area contributed by atoms with Crippen molar-refractivity contribution in [3.8, 4) is 5.75 Å². The van der Waals surface area contributed by atoms with Gasteiger partial charge >= 0.3 is 0 Å². The number of fused-ring (bicyclic) bond motifs is 1. The molecule has 1 heterocycles. The van der Waals surface area contributed by atoms with Crippen molar-refractivity contribution in [3.63, 3.8) is 0 Å². The van der Waals surface area contributed by atoms with Crippen LogP contribution in [0.4, 0.5) is 0 Å². The number of nitrogens with one attached hydrogen (secondary N) is 1. The summed E-state index contributed by atoms with van der Waals surface area (Å²) in [6, 6.07) is 4.82. The number of aromatic nitrogens is 1. The predicted octanol–water partition coefficient (Wildman–Crippen LogP) is 3.60. The third-order valence-electron chi connectivity index (χ3n) is 3.95. The summed E-state index contributed by atoms with van der Waals surface area (Å²) < 4.78 is 11.3. The lowest BCUT2D eigenvalue weighted by molar-refractivity contribution is 0.338. The molecule has 3 rings (SSSR count). The summed E-state index contributed by atoms with van der Waals surface area (Å²) in [5.41, 5.74) is 2.84. The summed E-state index contributed by atoms with van der Waals surface area (Å²) in [6.07, 6.45) is 3.93. The van der Waals surface area contributed by atoms with Crippen LogP contribution in [0.2, 0.25) is 0 Å². The van der Waals surface area contributed by atoms with E-state index in [1.807, 2.05) is 6.07 Å². The van der Waals surface area contributed by atoms with E-state index in [0.29, 0.717) is 6.04 Å². The highest BCUT2D eigenvalue weighted by molar-refractivity contribution is 5.80. The summed E-state index contributed by atoms with van der Waals surface area (Å²) in [7, 11) is 1.68. The summed E-state index contributed by atoms with van der Waals surface area (Å²) in [4.78, 5) is 4.57. The number of hydrogen-bond donors (Lipinski definition) is 1. The van der Waals surface area contributed by atoms with Gasteiger partial charge in [0.25, 0.3) is 0 Å². The first-order valence-corrected chi connectivity index (χ1v) is 7.38. The predicted molar refractivity (Wildman–Crippen MR) is 79.1 cm³/mol. The molecule has 1 aromatic carbocycles. The van der Waals surface area contributed by atoms with Gasteiger partial charge in [-0.25, -0.2) is 4.98 Å². The first-order valence-electron chi connectivity index (χ1n) is 7.38. The van der Waals surface area contributed by atoms with E-state index < -0.39 is 0 Å². The van der Waals surface area contributed by atoms with Crippen molar-refractivity contribution in [1.82, 2.24) is 10.3 Å². The van der Waals surface area contributed by atoms with Gasteiger partial charge in [-0.3, -0.25) is 0 Å². The van der Waals surface area contributed by atoms with E-state index in [-0.39, 0.29) is 5.92 Å². The average molecular weight is 274 g/mol. The molecule has 0 unspecified atom stereocenters. The minimum atomic E-state index is 0.281. The van der Waals surface area contributed by atoms with Gasteiger partial charge in [-0.15, -0.1) is 0 Å². The second kappa shape index (κ2) is 5.44. The smallest absolute Gasteiger partial charge is 0.198 e. The number of ether oxygens (including phenoxy) is 1. The Morgan fingerprint density at radius 2 is 2.20 bits per heavy atom. The molecule has 4 nitrogen and oxygen atoms in total. The minimum Gasteiger partial charge on any atom is -0.493 e. The molecule has 1 aliphatic rings. The fraction of sp³-hybridized carbons (Fsp3) is 0.562. The molecule has 0 atom stereocenters. The molecule has 1 aliphatic carbocycles. The van der Waals surface area contributed by atoms with Crippen molar-refractivity contribution in [2.75, 3.05) is 7.11 Å². The van der Waals surface area contributed by atoms with Gasteiger partial charge < -0.3 is 14.5 Å². The van der Waals surface area contributed by atoms with Gasteiger partial charge in [0.1, 0.15) is 5.52 Å². The molecule has 0 bridgehead atoms. The van der Waals surface area contributed by atoms with E-state index in [2.05, 4.69) is 30.2 Å². The van der Waals surface area contributed by atoms with Crippen molar-refractivity contribution >= 4 is 11.1 Å². The molecule has 20 heavy (non-hydrogen) atoms. The van der Waals surface area contributed by atoms with Gasteiger partial charge in [0.2, 0.25) is 0 Å². The van der Waals surface area contributed by atoms with Crippen LogP contribution in [0.3, 0.4) is 0 Å².